The maximum absolute atomic E-state index is 11.7. The van der Waals surface area contributed by atoms with Crippen molar-refractivity contribution in [3.63, 3.8) is 0 Å². The summed E-state index contributed by atoms with van der Waals surface area (Å²) >= 11 is 0. The summed E-state index contributed by atoms with van der Waals surface area (Å²) in [6.45, 7) is 5.38. The Morgan fingerprint density at radius 1 is 1.19 bits per heavy atom. The molecule has 6 nitrogen and oxygen atoms in total. The van der Waals surface area contributed by atoms with E-state index in [1.54, 1.807) is 7.11 Å². The summed E-state index contributed by atoms with van der Waals surface area (Å²) in [5.41, 5.74) is 1.14. The topological polar surface area (TPSA) is 59.1 Å². The van der Waals surface area contributed by atoms with Gasteiger partial charge in [0, 0.05) is 31.0 Å². The molecule has 1 unspecified atom stereocenters. The molecule has 0 spiro atoms. The van der Waals surface area contributed by atoms with Gasteiger partial charge in [0.25, 0.3) is 0 Å². The van der Waals surface area contributed by atoms with E-state index in [4.69, 9.17) is 9.47 Å². The minimum atomic E-state index is -0.0187. The van der Waals surface area contributed by atoms with Gasteiger partial charge in [0.2, 0.25) is 11.8 Å². The molecule has 1 aromatic carbocycles. The molecule has 0 saturated carbocycles. The summed E-state index contributed by atoms with van der Waals surface area (Å²) in [5, 5.41) is 0. The number of fused-ring (bicyclic) bond motifs is 1. The summed E-state index contributed by atoms with van der Waals surface area (Å²) in [6, 6.07) is 6.27. The average Bonchev–Trinajstić information content (AvgIpc) is 3.01. The molecule has 0 N–H and O–H groups in total. The second-order valence-corrected chi connectivity index (χ2v) is 7.29. The normalized spacial score (nSPS) is 19.4. The molecule has 2 heterocycles. The zero-order valence-corrected chi connectivity index (χ0v) is 16.4. The van der Waals surface area contributed by atoms with E-state index in [2.05, 4.69) is 11.8 Å². The summed E-state index contributed by atoms with van der Waals surface area (Å²) < 4.78 is 11.5. The Morgan fingerprint density at radius 2 is 1.96 bits per heavy atom. The highest BCUT2D eigenvalue weighted by atomic mass is 16.5. The van der Waals surface area contributed by atoms with Crippen molar-refractivity contribution >= 4 is 11.8 Å². The predicted molar refractivity (Wildman–Crippen MR) is 103 cm³/mol. The second-order valence-electron chi connectivity index (χ2n) is 7.29. The molecule has 2 amide bonds. The maximum Gasteiger partial charge on any atom is 0.229 e. The molecule has 1 saturated heterocycles. The first-order chi connectivity index (χ1) is 13.1. The number of likely N-dealkylation sites (tertiary alicyclic amines) is 1. The number of carbonyl (C=O) groups excluding carboxylic acids is 2. The Morgan fingerprint density at radius 3 is 2.67 bits per heavy atom. The lowest BCUT2D eigenvalue weighted by Gasteiger charge is -2.35. The van der Waals surface area contributed by atoms with Gasteiger partial charge in [0.1, 0.15) is 18.1 Å². The van der Waals surface area contributed by atoms with Crippen LogP contribution in [-0.4, -0.2) is 61.0 Å². The quantitative estimate of drug-likeness (QED) is 0.491. The zero-order chi connectivity index (χ0) is 19.2. The predicted octanol–water partition coefficient (Wildman–Crippen LogP) is 2.64. The Labute approximate surface area is 161 Å². The molecule has 0 aliphatic carbocycles. The van der Waals surface area contributed by atoms with Crippen molar-refractivity contribution in [1.82, 2.24) is 9.80 Å². The van der Waals surface area contributed by atoms with Gasteiger partial charge in [-0.3, -0.25) is 19.4 Å². The number of amides is 2. The van der Waals surface area contributed by atoms with Crippen LogP contribution in [0.25, 0.3) is 0 Å². The fourth-order valence-electron chi connectivity index (χ4n) is 4.01. The molecule has 27 heavy (non-hydrogen) atoms. The van der Waals surface area contributed by atoms with Gasteiger partial charge < -0.3 is 9.47 Å². The fourth-order valence-corrected chi connectivity index (χ4v) is 4.01. The molecule has 3 rings (SSSR count). The van der Waals surface area contributed by atoms with E-state index in [0.717, 1.165) is 55.8 Å². The average molecular weight is 374 g/mol. The minimum Gasteiger partial charge on any atom is -0.496 e. The Bertz CT molecular complexity index is 646. The molecule has 2 aliphatic heterocycles. The third-order valence-electron chi connectivity index (χ3n) is 5.44. The number of carbonyl (C=O) groups is 2. The zero-order valence-electron chi connectivity index (χ0n) is 16.4. The van der Waals surface area contributed by atoms with E-state index in [0.29, 0.717) is 32.0 Å². The minimum absolute atomic E-state index is 0.0187. The van der Waals surface area contributed by atoms with Gasteiger partial charge in [-0.15, -0.1) is 0 Å². The number of rotatable bonds is 9. The van der Waals surface area contributed by atoms with Crippen LogP contribution in [0.2, 0.25) is 0 Å². The number of methoxy groups -OCH3 is 1. The smallest absolute Gasteiger partial charge is 0.229 e. The van der Waals surface area contributed by atoms with E-state index in [1.165, 1.54) is 4.90 Å². The van der Waals surface area contributed by atoms with Crippen LogP contribution >= 0.6 is 0 Å². The monoisotopic (exact) mass is 374 g/mol. The number of ether oxygens (including phenoxy) is 2. The number of hydrogen-bond acceptors (Lipinski definition) is 5. The van der Waals surface area contributed by atoms with E-state index >= 15 is 0 Å². The van der Waals surface area contributed by atoms with Crippen molar-refractivity contribution < 1.29 is 19.1 Å². The third-order valence-corrected chi connectivity index (χ3v) is 5.44. The molecule has 0 aromatic heterocycles. The van der Waals surface area contributed by atoms with Crippen molar-refractivity contribution in [2.75, 3.05) is 33.4 Å². The van der Waals surface area contributed by atoms with Crippen LogP contribution in [0.3, 0.4) is 0 Å². The lowest BCUT2D eigenvalue weighted by atomic mass is 10.00. The lowest BCUT2D eigenvalue weighted by Crippen LogP contribution is -2.44. The molecule has 1 atom stereocenters. The molecular weight excluding hydrogens is 344 g/mol. The SMILES string of the molecule is CCCN(CCCCN1C(=O)CCC1=O)C1COc2cccc(OC)c2C1. The first-order valence-corrected chi connectivity index (χ1v) is 10.00. The van der Waals surface area contributed by atoms with E-state index in [-0.39, 0.29) is 11.8 Å². The second kappa shape index (κ2) is 9.22. The van der Waals surface area contributed by atoms with Gasteiger partial charge in [0.15, 0.2) is 0 Å². The first-order valence-electron chi connectivity index (χ1n) is 10.00. The molecular formula is C21H30N2O4. The number of benzene rings is 1. The standard InChI is InChI=1S/C21H30N2O4/c1-3-11-22(12-4-5-13-23-20(24)9-10-21(23)25)16-14-17-18(26-2)7-6-8-19(17)27-15-16/h6-8,16H,3-5,9-15H2,1-2H3. The fraction of sp³-hybridized carbons (Fsp3) is 0.619. The lowest BCUT2D eigenvalue weighted by molar-refractivity contribution is -0.138. The van der Waals surface area contributed by atoms with Crippen LogP contribution in [0.5, 0.6) is 11.5 Å². The molecule has 1 aromatic rings. The van der Waals surface area contributed by atoms with Gasteiger partial charge >= 0.3 is 0 Å². The summed E-state index contributed by atoms with van der Waals surface area (Å²) in [7, 11) is 1.70. The van der Waals surface area contributed by atoms with E-state index in [9.17, 15) is 9.59 Å². The van der Waals surface area contributed by atoms with Crippen LogP contribution in [0, 0.1) is 0 Å². The van der Waals surface area contributed by atoms with E-state index < -0.39 is 0 Å². The number of nitrogens with zero attached hydrogens (tertiary/aromatic N) is 2. The molecule has 6 heteroatoms. The number of imide groups is 1. The number of hydrogen-bond donors (Lipinski definition) is 0. The first kappa shape index (κ1) is 19.7. The van der Waals surface area contributed by atoms with Crippen molar-refractivity contribution in [2.45, 2.75) is 51.5 Å². The van der Waals surface area contributed by atoms with Crippen LogP contribution in [-0.2, 0) is 16.0 Å². The van der Waals surface area contributed by atoms with Gasteiger partial charge in [-0.1, -0.05) is 13.0 Å². The van der Waals surface area contributed by atoms with Gasteiger partial charge in [-0.25, -0.2) is 0 Å². The Balaban J connectivity index is 1.54. The molecule has 0 bridgehead atoms. The molecule has 148 valence electrons. The van der Waals surface area contributed by atoms with Crippen LogP contribution < -0.4 is 9.47 Å². The van der Waals surface area contributed by atoms with Crippen LogP contribution in [0.1, 0.15) is 44.6 Å². The Kier molecular flexibility index (Phi) is 6.72. The Hall–Kier alpha value is -2.08. The van der Waals surface area contributed by atoms with Gasteiger partial charge in [-0.05, 0) is 50.9 Å². The van der Waals surface area contributed by atoms with Crippen molar-refractivity contribution in [3.05, 3.63) is 23.8 Å². The largest absolute Gasteiger partial charge is 0.496 e. The molecule has 0 radical (unpaired) electrons. The van der Waals surface area contributed by atoms with Gasteiger partial charge in [0.05, 0.1) is 7.11 Å². The molecule has 2 aliphatic rings. The third kappa shape index (κ3) is 4.61. The maximum atomic E-state index is 11.7. The summed E-state index contributed by atoms with van der Waals surface area (Å²) in [5.74, 6) is 1.78. The van der Waals surface area contributed by atoms with Crippen LogP contribution in [0.4, 0.5) is 0 Å². The van der Waals surface area contributed by atoms with Crippen molar-refractivity contribution in [3.8, 4) is 11.5 Å². The highest BCUT2D eigenvalue weighted by molar-refractivity contribution is 6.01. The van der Waals surface area contributed by atoms with Crippen LogP contribution in [0.15, 0.2) is 18.2 Å². The highest BCUT2D eigenvalue weighted by Gasteiger charge is 2.29. The molecule has 1 fully saturated rings. The van der Waals surface area contributed by atoms with E-state index in [1.807, 2.05) is 18.2 Å². The number of unbranched alkanes of at least 4 members (excludes halogenated alkanes) is 1. The summed E-state index contributed by atoms with van der Waals surface area (Å²) in [6.07, 6.45) is 4.57. The summed E-state index contributed by atoms with van der Waals surface area (Å²) in [4.78, 5) is 27.3. The highest BCUT2D eigenvalue weighted by Crippen LogP contribution is 2.34. The van der Waals surface area contributed by atoms with Crippen molar-refractivity contribution in [2.24, 2.45) is 0 Å². The van der Waals surface area contributed by atoms with Gasteiger partial charge in [-0.2, -0.15) is 0 Å². The van der Waals surface area contributed by atoms with Crippen molar-refractivity contribution in [1.29, 1.82) is 0 Å².